The number of carbonyl (C=O) groups is 2. The highest BCUT2D eigenvalue weighted by Gasteiger charge is 2.18. The first-order valence-electron chi connectivity index (χ1n) is 33.8. The van der Waals surface area contributed by atoms with Crippen LogP contribution in [0.15, 0.2) is 36.5 Å². The van der Waals surface area contributed by atoms with Crippen LogP contribution in [0.4, 0.5) is 0 Å². The standard InChI is InChI=1S/C69H131NO5/c1-3-5-7-9-11-13-15-17-38-41-45-49-53-57-61-67(72)66(65-71)70-68(73)62-58-54-50-46-42-39-36-34-32-30-28-26-24-22-20-18-19-21-23-25-27-29-31-33-35-37-40-44-48-52-56-60-64-75-69(74)63-59-55-51-47-43-16-14-12-10-8-6-4-2/h12,14,21,23,57,61,66-67,71-72H,3-11,13,15-20,22,24-56,58-60,62-65H2,1-2H3,(H,70,73)/b14-12-,23-21-,61-57+. The molecule has 0 spiro atoms. The molecule has 0 aromatic heterocycles. The van der Waals surface area contributed by atoms with Crippen molar-refractivity contribution in [3.8, 4) is 0 Å². The summed E-state index contributed by atoms with van der Waals surface area (Å²) in [7, 11) is 0. The van der Waals surface area contributed by atoms with Crippen LogP contribution in [0.2, 0.25) is 0 Å². The van der Waals surface area contributed by atoms with Crippen LogP contribution in [0.5, 0.6) is 0 Å². The minimum absolute atomic E-state index is 0.00786. The van der Waals surface area contributed by atoms with E-state index in [2.05, 4.69) is 43.5 Å². The molecule has 0 aliphatic carbocycles. The summed E-state index contributed by atoms with van der Waals surface area (Å²) < 4.78 is 5.47. The number of amides is 1. The molecule has 6 heteroatoms. The number of nitrogens with one attached hydrogen (secondary N) is 1. The number of carbonyl (C=O) groups excluding carboxylic acids is 2. The van der Waals surface area contributed by atoms with Gasteiger partial charge in [-0.3, -0.25) is 9.59 Å². The van der Waals surface area contributed by atoms with Crippen molar-refractivity contribution in [3.63, 3.8) is 0 Å². The summed E-state index contributed by atoms with van der Waals surface area (Å²) >= 11 is 0. The minimum Gasteiger partial charge on any atom is -0.466 e. The quantitative estimate of drug-likeness (QED) is 0.0320. The fourth-order valence-electron chi connectivity index (χ4n) is 10.4. The van der Waals surface area contributed by atoms with Gasteiger partial charge in [-0.2, -0.15) is 0 Å². The SMILES string of the molecule is CCCCC/C=C\CCCCCCCC(=O)OCCCCCCCCCCCCCC/C=C\CCCCCCCCCCCCCCCCCCC(=O)NC(CO)C(O)/C=C/CCCCCCCCCCCCCC. The number of rotatable bonds is 63. The third-order valence-electron chi connectivity index (χ3n) is 15.6. The predicted molar refractivity (Wildman–Crippen MR) is 329 cm³/mol. The van der Waals surface area contributed by atoms with Crippen molar-refractivity contribution < 1.29 is 24.5 Å². The number of hydrogen-bond donors (Lipinski definition) is 3. The molecule has 0 saturated carbocycles. The molecular formula is C69H131NO5. The Morgan fingerprint density at radius 1 is 0.360 bits per heavy atom. The summed E-state index contributed by atoms with van der Waals surface area (Å²) in [6.07, 6.45) is 82.2. The van der Waals surface area contributed by atoms with Crippen LogP contribution in [-0.2, 0) is 14.3 Å². The Bertz CT molecular complexity index is 1210. The van der Waals surface area contributed by atoms with Crippen LogP contribution in [0.1, 0.15) is 367 Å². The molecule has 0 bridgehead atoms. The Kier molecular flexibility index (Phi) is 63.0. The molecule has 75 heavy (non-hydrogen) atoms. The van der Waals surface area contributed by atoms with Gasteiger partial charge in [0.05, 0.1) is 25.4 Å². The van der Waals surface area contributed by atoms with Gasteiger partial charge in [-0.05, 0) is 83.5 Å². The van der Waals surface area contributed by atoms with Crippen LogP contribution >= 0.6 is 0 Å². The average molecular weight is 1050 g/mol. The zero-order valence-corrected chi connectivity index (χ0v) is 50.5. The van der Waals surface area contributed by atoms with E-state index in [4.69, 9.17) is 4.74 Å². The lowest BCUT2D eigenvalue weighted by molar-refractivity contribution is -0.143. The summed E-state index contributed by atoms with van der Waals surface area (Å²) in [6, 6.07) is -0.625. The molecular weight excluding hydrogens is 923 g/mol. The first kappa shape index (κ1) is 73.1. The molecule has 0 radical (unpaired) electrons. The molecule has 0 saturated heterocycles. The molecule has 3 N–H and O–H groups in total. The lowest BCUT2D eigenvalue weighted by Crippen LogP contribution is -2.45. The van der Waals surface area contributed by atoms with E-state index in [0.717, 1.165) is 44.9 Å². The number of unbranched alkanes of at least 4 members (excludes halogenated alkanes) is 48. The highest BCUT2D eigenvalue weighted by molar-refractivity contribution is 5.76. The Labute approximate surface area is 468 Å². The van der Waals surface area contributed by atoms with Crippen molar-refractivity contribution in [2.24, 2.45) is 0 Å². The molecule has 1 amide bonds. The molecule has 0 aromatic rings. The van der Waals surface area contributed by atoms with Crippen molar-refractivity contribution in [2.75, 3.05) is 13.2 Å². The van der Waals surface area contributed by atoms with E-state index in [9.17, 15) is 19.8 Å². The second-order valence-electron chi connectivity index (χ2n) is 23.1. The lowest BCUT2D eigenvalue weighted by atomic mass is 10.0. The largest absolute Gasteiger partial charge is 0.466 e. The summed E-state index contributed by atoms with van der Waals surface area (Å²) in [5, 5.41) is 23.1. The van der Waals surface area contributed by atoms with Crippen LogP contribution in [0, 0.1) is 0 Å². The second kappa shape index (κ2) is 64.6. The Morgan fingerprint density at radius 3 is 0.973 bits per heavy atom. The highest BCUT2D eigenvalue weighted by Crippen LogP contribution is 2.18. The van der Waals surface area contributed by atoms with Gasteiger partial charge in [-0.25, -0.2) is 0 Å². The van der Waals surface area contributed by atoms with Crippen LogP contribution in [0.3, 0.4) is 0 Å². The molecule has 0 heterocycles. The van der Waals surface area contributed by atoms with E-state index >= 15 is 0 Å². The fraction of sp³-hybridized carbons (Fsp3) is 0.884. The molecule has 0 aliphatic heterocycles. The highest BCUT2D eigenvalue weighted by atomic mass is 16.5. The third-order valence-corrected chi connectivity index (χ3v) is 15.6. The predicted octanol–water partition coefficient (Wildman–Crippen LogP) is 21.5. The van der Waals surface area contributed by atoms with Gasteiger partial charge >= 0.3 is 5.97 Å². The van der Waals surface area contributed by atoms with Crippen LogP contribution in [-0.4, -0.2) is 47.4 Å². The Balaban J connectivity index is 3.37. The van der Waals surface area contributed by atoms with Crippen molar-refractivity contribution in [1.29, 1.82) is 0 Å². The number of aliphatic hydroxyl groups excluding tert-OH is 2. The number of esters is 1. The number of allylic oxidation sites excluding steroid dienone is 5. The van der Waals surface area contributed by atoms with E-state index in [1.807, 2.05) is 6.08 Å². The van der Waals surface area contributed by atoms with Gasteiger partial charge in [-0.15, -0.1) is 0 Å². The maximum absolute atomic E-state index is 12.5. The summed E-state index contributed by atoms with van der Waals surface area (Å²) in [6.45, 7) is 4.90. The van der Waals surface area contributed by atoms with E-state index in [-0.39, 0.29) is 18.5 Å². The summed E-state index contributed by atoms with van der Waals surface area (Å²) in [5.41, 5.74) is 0. The van der Waals surface area contributed by atoms with Gasteiger partial charge in [0.1, 0.15) is 0 Å². The smallest absolute Gasteiger partial charge is 0.305 e. The van der Waals surface area contributed by atoms with Crippen molar-refractivity contribution in [2.45, 2.75) is 379 Å². The molecule has 442 valence electrons. The number of hydrogen-bond acceptors (Lipinski definition) is 5. The van der Waals surface area contributed by atoms with E-state index < -0.39 is 12.1 Å². The van der Waals surface area contributed by atoms with Crippen molar-refractivity contribution in [3.05, 3.63) is 36.5 Å². The molecule has 0 fully saturated rings. The molecule has 0 aliphatic rings. The normalized spacial score (nSPS) is 12.7. The fourth-order valence-corrected chi connectivity index (χ4v) is 10.4. The van der Waals surface area contributed by atoms with Crippen molar-refractivity contribution in [1.82, 2.24) is 5.32 Å². The van der Waals surface area contributed by atoms with Gasteiger partial charge in [0.25, 0.3) is 0 Å². The van der Waals surface area contributed by atoms with E-state index in [1.165, 1.54) is 295 Å². The molecule has 2 atom stereocenters. The van der Waals surface area contributed by atoms with Gasteiger partial charge in [0, 0.05) is 12.8 Å². The van der Waals surface area contributed by atoms with Gasteiger partial charge < -0.3 is 20.3 Å². The topological polar surface area (TPSA) is 95.9 Å². The summed E-state index contributed by atoms with van der Waals surface area (Å²) in [5.74, 6) is -0.0561. The van der Waals surface area contributed by atoms with Crippen LogP contribution < -0.4 is 5.32 Å². The molecule has 2 unspecified atom stereocenters. The molecule has 0 aromatic carbocycles. The minimum atomic E-state index is -0.842. The third kappa shape index (κ3) is 61.2. The molecule has 0 rings (SSSR count). The van der Waals surface area contributed by atoms with E-state index in [0.29, 0.717) is 19.4 Å². The average Bonchev–Trinajstić information content (AvgIpc) is 3.41. The van der Waals surface area contributed by atoms with Gasteiger partial charge in [0.2, 0.25) is 5.91 Å². The Hall–Kier alpha value is -1.92. The Morgan fingerprint density at radius 2 is 0.627 bits per heavy atom. The maximum atomic E-state index is 12.5. The zero-order chi connectivity index (χ0) is 54.3. The molecule has 6 nitrogen and oxygen atoms in total. The lowest BCUT2D eigenvalue weighted by Gasteiger charge is -2.20. The van der Waals surface area contributed by atoms with Crippen LogP contribution in [0.25, 0.3) is 0 Å². The van der Waals surface area contributed by atoms with Crippen molar-refractivity contribution >= 4 is 11.9 Å². The monoisotopic (exact) mass is 1050 g/mol. The first-order valence-corrected chi connectivity index (χ1v) is 33.8. The van der Waals surface area contributed by atoms with Gasteiger partial charge in [0.15, 0.2) is 0 Å². The number of ether oxygens (including phenoxy) is 1. The first-order chi connectivity index (χ1) is 37.0. The maximum Gasteiger partial charge on any atom is 0.305 e. The summed E-state index contributed by atoms with van der Waals surface area (Å²) in [4.78, 5) is 24.5. The zero-order valence-electron chi connectivity index (χ0n) is 50.5. The van der Waals surface area contributed by atoms with E-state index in [1.54, 1.807) is 6.08 Å². The number of aliphatic hydroxyl groups is 2. The second-order valence-corrected chi connectivity index (χ2v) is 23.1. The van der Waals surface area contributed by atoms with Gasteiger partial charge in [-0.1, -0.05) is 307 Å².